The highest BCUT2D eigenvalue weighted by Crippen LogP contribution is 2.51. The maximum absolute atomic E-state index is 2.54. The molecule has 45 heavy (non-hydrogen) atoms. The Morgan fingerprint density at radius 2 is 1.00 bits per heavy atom. The second-order valence-electron chi connectivity index (χ2n) is 12.5. The largest absolute Gasteiger partial charge is 0.309 e. The molecule has 2 heteroatoms. The number of nitrogens with zero attached hydrogens (tertiary/aromatic N) is 2. The molecule has 0 saturated heterocycles. The standard InChI is InChI=1S/C43H26N2/c1-3-12-26(13-4-1)42-30-18-8-7-16-28(30)33-23-40-34(22-37(33)42)31-19-11-20-32-36-25-39-35(24-41(36)45(40)43(31)32)29-17-9-10-21-38(29)44(39)27-14-5-2-6-15-27/h1-25,42H. The van der Waals surface area contributed by atoms with Crippen molar-refractivity contribution in [2.75, 3.05) is 0 Å². The van der Waals surface area contributed by atoms with Crippen molar-refractivity contribution in [3.63, 3.8) is 0 Å². The van der Waals surface area contributed by atoms with Gasteiger partial charge in [0.2, 0.25) is 0 Å². The monoisotopic (exact) mass is 570 g/mol. The lowest BCUT2D eigenvalue weighted by Gasteiger charge is -2.14. The van der Waals surface area contributed by atoms with Crippen LogP contribution in [0.2, 0.25) is 0 Å². The van der Waals surface area contributed by atoms with E-state index in [0.717, 1.165) is 0 Å². The Morgan fingerprint density at radius 3 is 1.84 bits per heavy atom. The molecule has 0 radical (unpaired) electrons. The molecule has 3 aromatic heterocycles. The lowest BCUT2D eigenvalue weighted by atomic mass is 9.89. The Kier molecular flexibility index (Phi) is 4.40. The summed E-state index contributed by atoms with van der Waals surface area (Å²) in [5.74, 6) is 0.238. The summed E-state index contributed by atoms with van der Waals surface area (Å²) >= 11 is 0. The number of rotatable bonds is 2. The molecule has 0 saturated carbocycles. The van der Waals surface area contributed by atoms with Crippen molar-refractivity contribution >= 4 is 59.9 Å². The zero-order chi connectivity index (χ0) is 29.2. The first-order valence-corrected chi connectivity index (χ1v) is 15.7. The maximum atomic E-state index is 2.54. The summed E-state index contributed by atoms with van der Waals surface area (Å²) in [5.41, 5.74) is 14.4. The van der Waals surface area contributed by atoms with Crippen LogP contribution in [0.1, 0.15) is 22.6 Å². The normalized spacial score (nSPS) is 14.4. The van der Waals surface area contributed by atoms with E-state index in [2.05, 4.69) is 161 Å². The van der Waals surface area contributed by atoms with Gasteiger partial charge >= 0.3 is 0 Å². The molecule has 0 spiro atoms. The topological polar surface area (TPSA) is 9.34 Å². The van der Waals surface area contributed by atoms with Crippen molar-refractivity contribution in [3.05, 3.63) is 168 Å². The summed E-state index contributed by atoms with van der Waals surface area (Å²) in [4.78, 5) is 0. The van der Waals surface area contributed by atoms with Gasteiger partial charge in [0, 0.05) is 43.9 Å². The summed E-state index contributed by atoms with van der Waals surface area (Å²) in [5, 5.41) is 7.83. The van der Waals surface area contributed by atoms with Gasteiger partial charge in [-0.15, -0.1) is 0 Å². The average molecular weight is 571 g/mol. The first kappa shape index (κ1) is 23.6. The highest BCUT2D eigenvalue weighted by atomic mass is 15.0. The number of aromatic nitrogens is 2. The first-order chi connectivity index (χ1) is 22.3. The van der Waals surface area contributed by atoms with Gasteiger partial charge in [-0.3, -0.25) is 0 Å². The molecule has 7 aromatic carbocycles. The van der Waals surface area contributed by atoms with Crippen LogP contribution in [-0.4, -0.2) is 8.97 Å². The number of hydrogen-bond donors (Lipinski definition) is 0. The minimum absolute atomic E-state index is 0.238. The lowest BCUT2D eigenvalue weighted by Crippen LogP contribution is -1.98. The molecule has 0 bridgehead atoms. The molecule has 11 rings (SSSR count). The Morgan fingerprint density at radius 1 is 0.378 bits per heavy atom. The van der Waals surface area contributed by atoms with Gasteiger partial charge in [0.15, 0.2) is 0 Å². The van der Waals surface area contributed by atoms with Crippen molar-refractivity contribution in [3.8, 4) is 16.8 Å². The highest BCUT2D eigenvalue weighted by Gasteiger charge is 2.31. The lowest BCUT2D eigenvalue weighted by molar-refractivity contribution is 1.02. The molecule has 2 nitrogen and oxygen atoms in total. The van der Waals surface area contributed by atoms with Crippen LogP contribution in [0.25, 0.3) is 76.7 Å². The molecular weight excluding hydrogens is 544 g/mol. The first-order valence-electron chi connectivity index (χ1n) is 15.7. The molecule has 1 unspecified atom stereocenters. The van der Waals surface area contributed by atoms with Crippen molar-refractivity contribution in [1.29, 1.82) is 0 Å². The third kappa shape index (κ3) is 2.94. The number of benzene rings is 7. The van der Waals surface area contributed by atoms with Crippen LogP contribution in [0.3, 0.4) is 0 Å². The summed E-state index contributed by atoms with van der Waals surface area (Å²) in [7, 11) is 0. The molecule has 1 aliphatic rings. The second-order valence-corrected chi connectivity index (χ2v) is 12.5. The van der Waals surface area contributed by atoms with Gasteiger partial charge < -0.3 is 8.97 Å². The number of fused-ring (bicyclic) bond motifs is 12. The second kappa shape index (κ2) is 8.40. The predicted octanol–water partition coefficient (Wildman–Crippen LogP) is 11.1. The fourth-order valence-corrected chi connectivity index (χ4v) is 8.49. The SMILES string of the molecule is c1ccc(C2c3ccccc3-c3cc4c(cc32)c2cccc3c5cc6c(cc5n4c23)c2ccccc2n6-c2ccccc2)cc1. The molecule has 0 aliphatic heterocycles. The minimum atomic E-state index is 0.238. The summed E-state index contributed by atoms with van der Waals surface area (Å²) in [6.07, 6.45) is 0. The zero-order valence-electron chi connectivity index (χ0n) is 24.4. The quantitative estimate of drug-likeness (QED) is 0.196. The molecule has 3 heterocycles. The third-order valence-electron chi connectivity index (χ3n) is 10.3. The van der Waals surface area contributed by atoms with E-state index in [0.29, 0.717) is 0 Å². The van der Waals surface area contributed by atoms with Crippen molar-refractivity contribution in [1.82, 2.24) is 8.97 Å². The average Bonchev–Trinajstić information content (AvgIpc) is 3.81. The van der Waals surface area contributed by atoms with E-state index in [1.54, 1.807) is 0 Å². The van der Waals surface area contributed by atoms with Crippen molar-refractivity contribution in [2.45, 2.75) is 5.92 Å². The van der Waals surface area contributed by atoms with Gasteiger partial charge in [-0.1, -0.05) is 109 Å². The third-order valence-corrected chi connectivity index (χ3v) is 10.3. The van der Waals surface area contributed by atoms with Gasteiger partial charge in [-0.2, -0.15) is 0 Å². The van der Waals surface area contributed by atoms with Gasteiger partial charge in [-0.05, 0) is 70.3 Å². The fraction of sp³-hybridized carbons (Fsp3) is 0.0233. The maximum Gasteiger partial charge on any atom is 0.0620 e. The van der Waals surface area contributed by atoms with Gasteiger partial charge in [0.1, 0.15) is 0 Å². The zero-order valence-corrected chi connectivity index (χ0v) is 24.4. The van der Waals surface area contributed by atoms with Crippen LogP contribution < -0.4 is 0 Å². The summed E-state index contributed by atoms with van der Waals surface area (Å²) in [6, 6.07) is 56.2. The molecule has 1 aliphatic carbocycles. The van der Waals surface area contributed by atoms with E-state index in [1.807, 2.05) is 0 Å². The van der Waals surface area contributed by atoms with Crippen LogP contribution in [0, 0.1) is 0 Å². The van der Waals surface area contributed by atoms with E-state index < -0.39 is 0 Å². The van der Waals surface area contributed by atoms with Crippen LogP contribution in [-0.2, 0) is 0 Å². The van der Waals surface area contributed by atoms with E-state index >= 15 is 0 Å². The molecule has 0 N–H and O–H groups in total. The Labute approximate surface area is 259 Å². The summed E-state index contributed by atoms with van der Waals surface area (Å²) < 4.78 is 4.96. The number of para-hydroxylation sites is 3. The predicted molar refractivity (Wildman–Crippen MR) is 188 cm³/mol. The molecular formula is C43H26N2. The molecule has 0 fully saturated rings. The van der Waals surface area contributed by atoms with Gasteiger partial charge in [0.25, 0.3) is 0 Å². The van der Waals surface area contributed by atoms with Crippen LogP contribution in [0.15, 0.2) is 152 Å². The van der Waals surface area contributed by atoms with Crippen molar-refractivity contribution in [2.24, 2.45) is 0 Å². The summed E-state index contributed by atoms with van der Waals surface area (Å²) in [6.45, 7) is 0. The van der Waals surface area contributed by atoms with E-state index in [4.69, 9.17) is 0 Å². The fourth-order valence-electron chi connectivity index (χ4n) is 8.49. The Balaban J connectivity index is 1.28. The van der Waals surface area contributed by atoms with E-state index in [-0.39, 0.29) is 5.92 Å². The highest BCUT2D eigenvalue weighted by molar-refractivity contribution is 6.26. The van der Waals surface area contributed by atoms with E-state index in [9.17, 15) is 0 Å². The van der Waals surface area contributed by atoms with Crippen LogP contribution >= 0.6 is 0 Å². The number of hydrogen-bond acceptors (Lipinski definition) is 0. The molecule has 10 aromatic rings. The van der Waals surface area contributed by atoms with E-state index in [1.165, 1.54) is 93.4 Å². The minimum Gasteiger partial charge on any atom is -0.309 e. The smallest absolute Gasteiger partial charge is 0.0620 e. The molecule has 1 atom stereocenters. The van der Waals surface area contributed by atoms with Gasteiger partial charge in [0.05, 0.1) is 27.6 Å². The molecule has 208 valence electrons. The Bertz CT molecular complexity index is 2800. The van der Waals surface area contributed by atoms with Crippen molar-refractivity contribution < 1.29 is 0 Å². The van der Waals surface area contributed by atoms with Crippen LogP contribution in [0.5, 0.6) is 0 Å². The van der Waals surface area contributed by atoms with Crippen LogP contribution in [0.4, 0.5) is 0 Å². The van der Waals surface area contributed by atoms with Gasteiger partial charge in [-0.25, -0.2) is 0 Å². The molecule has 0 amide bonds. The Hall–Kier alpha value is -5.86.